The van der Waals surface area contributed by atoms with Crippen LogP contribution in [-0.4, -0.2) is 18.0 Å². The van der Waals surface area contributed by atoms with Crippen molar-refractivity contribution in [3.63, 3.8) is 0 Å². The van der Waals surface area contributed by atoms with Gasteiger partial charge in [-0.1, -0.05) is 25.3 Å². The minimum Gasteiger partial charge on any atom is -0.396 e. The highest BCUT2D eigenvalue weighted by Gasteiger charge is 1.76. The monoisotopic (exact) mass is 172 g/mol. The Morgan fingerprint density at radius 1 is 1.33 bits per heavy atom. The second-order valence-corrected chi connectivity index (χ2v) is 2.81. The molecule has 0 fully saturated rings. The van der Waals surface area contributed by atoms with Crippen LogP contribution in [0.15, 0.2) is 11.6 Å². The Labute approximate surface area is 75.3 Å². The molecule has 2 nitrogen and oxygen atoms in total. The van der Waals surface area contributed by atoms with Gasteiger partial charge in [-0.2, -0.15) is 0 Å². The van der Waals surface area contributed by atoms with Gasteiger partial charge in [0.1, 0.15) is 6.29 Å². The van der Waals surface area contributed by atoms with Crippen molar-refractivity contribution in [2.75, 3.05) is 6.61 Å². The summed E-state index contributed by atoms with van der Waals surface area (Å²) in [6.07, 6.45) is 5.64. The summed E-state index contributed by atoms with van der Waals surface area (Å²) in [5.74, 6) is 0. The van der Waals surface area contributed by atoms with Crippen molar-refractivity contribution in [3.05, 3.63) is 11.6 Å². The number of aldehydes is 1. The lowest BCUT2D eigenvalue weighted by molar-refractivity contribution is -0.104. The molecule has 0 saturated heterocycles. The Balaban J connectivity index is 0. The average molecular weight is 172 g/mol. The Morgan fingerprint density at radius 2 is 1.92 bits per heavy atom. The Hall–Kier alpha value is -0.630. The highest BCUT2D eigenvalue weighted by Crippen LogP contribution is 1.89. The summed E-state index contributed by atoms with van der Waals surface area (Å²) in [4.78, 5) is 9.54. The van der Waals surface area contributed by atoms with Crippen molar-refractivity contribution < 1.29 is 9.90 Å². The first-order chi connectivity index (χ1) is 5.68. The van der Waals surface area contributed by atoms with Gasteiger partial charge in [-0.25, -0.2) is 0 Å². The van der Waals surface area contributed by atoms with Crippen LogP contribution < -0.4 is 0 Å². The molecule has 0 saturated carbocycles. The van der Waals surface area contributed by atoms with E-state index in [1.54, 1.807) is 0 Å². The van der Waals surface area contributed by atoms with Gasteiger partial charge in [-0.3, -0.25) is 4.79 Å². The molecule has 0 aromatic carbocycles. The number of unbranched alkanes of at least 4 members (excludes halogenated alkanes) is 2. The van der Waals surface area contributed by atoms with E-state index in [1.807, 2.05) is 13.8 Å². The average Bonchev–Trinajstić information content (AvgIpc) is 2.02. The molecule has 2 heteroatoms. The third-order valence-corrected chi connectivity index (χ3v) is 1.16. The van der Waals surface area contributed by atoms with Gasteiger partial charge >= 0.3 is 0 Å². The molecule has 12 heavy (non-hydrogen) atoms. The molecular formula is C10H20O2. The predicted molar refractivity (Wildman–Crippen MR) is 52.1 cm³/mol. The molecule has 0 amide bonds. The van der Waals surface area contributed by atoms with Crippen molar-refractivity contribution in [2.24, 2.45) is 0 Å². The van der Waals surface area contributed by atoms with Crippen LogP contribution in [0.5, 0.6) is 0 Å². The maximum absolute atomic E-state index is 9.54. The van der Waals surface area contributed by atoms with Gasteiger partial charge in [-0.15, -0.1) is 0 Å². The fourth-order valence-corrected chi connectivity index (χ4v) is 0.498. The first-order valence-corrected chi connectivity index (χ1v) is 4.38. The maximum atomic E-state index is 9.54. The van der Waals surface area contributed by atoms with E-state index in [0.29, 0.717) is 6.61 Å². The molecular weight excluding hydrogens is 152 g/mol. The molecule has 0 rings (SSSR count). The quantitative estimate of drug-likeness (QED) is 0.401. The van der Waals surface area contributed by atoms with E-state index in [2.05, 4.69) is 6.92 Å². The molecule has 1 N–H and O–H groups in total. The summed E-state index contributed by atoms with van der Waals surface area (Å²) in [6.45, 7) is 6.24. The standard InChI is InChI=1S/C5H8O.C5H12O/c1-5(2)3-4-6;1-2-3-4-5-6/h3-4H,1-2H3;6H,2-5H2,1H3. The lowest BCUT2D eigenvalue weighted by Gasteiger charge is -1.85. The Bertz CT molecular complexity index is 109. The lowest BCUT2D eigenvalue weighted by Crippen LogP contribution is -1.78. The van der Waals surface area contributed by atoms with E-state index in [-0.39, 0.29) is 0 Å². The van der Waals surface area contributed by atoms with Crippen molar-refractivity contribution in [1.29, 1.82) is 0 Å². The fraction of sp³-hybridized carbons (Fsp3) is 0.700. The number of allylic oxidation sites excluding steroid dienone is 2. The van der Waals surface area contributed by atoms with E-state index in [9.17, 15) is 4.79 Å². The van der Waals surface area contributed by atoms with Gasteiger partial charge in [-0.05, 0) is 26.3 Å². The van der Waals surface area contributed by atoms with Crippen LogP contribution in [0.25, 0.3) is 0 Å². The molecule has 0 aliphatic carbocycles. The van der Waals surface area contributed by atoms with Crippen LogP contribution in [0.4, 0.5) is 0 Å². The number of rotatable bonds is 4. The molecule has 0 aromatic heterocycles. The van der Waals surface area contributed by atoms with E-state index < -0.39 is 0 Å². The summed E-state index contributed by atoms with van der Waals surface area (Å²) in [6, 6.07) is 0. The van der Waals surface area contributed by atoms with E-state index in [0.717, 1.165) is 24.7 Å². The van der Waals surface area contributed by atoms with Crippen LogP contribution >= 0.6 is 0 Å². The first-order valence-electron chi connectivity index (χ1n) is 4.38. The van der Waals surface area contributed by atoms with Crippen LogP contribution in [0, 0.1) is 0 Å². The largest absolute Gasteiger partial charge is 0.396 e. The third kappa shape index (κ3) is 22.8. The predicted octanol–water partition coefficient (Wildman–Crippen LogP) is 2.32. The molecule has 0 heterocycles. The maximum Gasteiger partial charge on any atom is 0.142 e. The summed E-state index contributed by atoms with van der Waals surface area (Å²) in [5, 5.41) is 8.20. The van der Waals surface area contributed by atoms with Gasteiger partial charge in [0.05, 0.1) is 0 Å². The molecule has 0 atom stereocenters. The topological polar surface area (TPSA) is 37.3 Å². The molecule has 0 unspecified atom stereocenters. The van der Waals surface area contributed by atoms with Gasteiger partial charge in [0.15, 0.2) is 0 Å². The van der Waals surface area contributed by atoms with Gasteiger partial charge in [0, 0.05) is 6.61 Å². The van der Waals surface area contributed by atoms with Crippen LogP contribution in [0.3, 0.4) is 0 Å². The molecule has 0 aliphatic rings. The fourth-order valence-electron chi connectivity index (χ4n) is 0.498. The van der Waals surface area contributed by atoms with E-state index in [4.69, 9.17) is 5.11 Å². The second-order valence-electron chi connectivity index (χ2n) is 2.81. The molecule has 72 valence electrons. The zero-order valence-corrected chi connectivity index (χ0v) is 8.34. The molecule has 0 bridgehead atoms. The number of carbonyl (C=O) groups is 1. The first kappa shape index (κ1) is 13.9. The van der Waals surface area contributed by atoms with Crippen LogP contribution in [-0.2, 0) is 4.79 Å². The van der Waals surface area contributed by atoms with Crippen molar-refractivity contribution in [3.8, 4) is 0 Å². The number of aliphatic hydroxyl groups excluding tert-OH is 1. The summed E-state index contributed by atoms with van der Waals surface area (Å²) in [5.41, 5.74) is 1.05. The summed E-state index contributed by atoms with van der Waals surface area (Å²) >= 11 is 0. The molecule has 0 aliphatic heterocycles. The number of hydrogen-bond donors (Lipinski definition) is 1. The van der Waals surface area contributed by atoms with E-state index in [1.165, 1.54) is 12.5 Å². The van der Waals surface area contributed by atoms with Gasteiger partial charge in [0.25, 0.3) is 0 Å². The van der Waals surface area contributed by atoms with Crippen molar-refractivity contribution >= 4 is 6.29 Å². The molecule has 0 radical (unpaired) electrons. The minimum atomic E-state index is 0.355. The van der Waals surface area contributed by atoms with E-state index >= 15 is 0 Å². The smallest absolute Gasteiger partial charge is 0.142 e. The number of hydrogen-bond acceptors (Lipinski definition) is 2. The highest BCUT2D eigenvalue weighted by molar-refractivity contribution is 5.65. The molecule has 0 spiro atoms. The lowest BCUT2D eigenvalue weighted by atomic mass is 10.3. The Kier molecular flexibility index (Phi) is 15.1. The Morgan fingerprint density at radius 3 is 2.00 bits per heavy atom. The van der Waals surface area contributed by atoms with Crippen molar-refractivity contribution in [2.45, 2.75) is 40.0 Å². The zero-order chi connectivity index (χ0) is 9.82. The van der Waals surface area contributed by atoms with Gasteiger partial charge in [0.2, 0.25) is 0 Å². The zero-order valence-electron chi connectivity index (χ0n) is 8.34. The summed E-state index contributed by atoms with van der Waals surface area (Å²) in [7, 11) is 0. The summed E-state index contributed by atoms with van der Waals surface area (Å²) < 4.78 is 0. The van der Waals surface area contributed by atoms with Gasteiger partial charge < -0.3 is 5.11 Å². The molecule has 0 aromatic rings. The van der Waals surface area contributed by atoms with Crippen LogP contribution in [0.1, 0.15) is 40.0 Å². The van der Waals surface area contributed by atoms with Crippen molar-refractivity contribution in [1.82, 2.24) is 0 Å². The SMILES string of the molecule is CC(C)=CC=O.CCCCCO. The van der Waals surface area contributed by atoms with Crippen LogP contribution in [0.2, 0.25) is 0 Å². The number of aliphatic hydroxyl groups is 1. The third-order valence-electron chi connectivity index (χ3n) is 1.16. The minimum absolute atomic E-state index is 0.355. The second kappa shape index (κ2) is 13.0. The highest BCUT2D eigenvalue weighted by atomic mass is 16.2. The normalized spacial score (nSPS) is 8.00. The number of carbonyl (C=O) groups excluding carboxylic acids is 1.